The molecule has 10 heteroatoms. The largest absolute Gasteiger partial charge is 0.493 e. The molecule has 0 unspecified atom stereocenters. The zero-order valence-electron chi connectivity index (χ0n) is 14.3. The molecule has 1 amide bonds. The number of benzene rings is 1. The molecule has 2 aromatic heterocycles. The summed E-state index contributed by atoms with van der Waals surface area (Å²) in [7, 11) is 3.06. The lowest BCUT2D eigenvalue weighted by molar-refractivity contribution is -0.115. The summed E-state index contributed by atoms with van der Waals surface area (Å²) < 4.78 is 10.4. The highest BCUT2D eigenvalue weighted by molar-refractivity contribution is 8.00. The zero-order valence-corrected chi connectivity index (χ0v) is 15.1. The molecule has 26 heavy (non-hydrogen) atoms. The summed E-state index contributed by atoms with van der Waals surface area (Å²) in [5.74, 6) is 0.842. The molecular formula is C16H17N5O4S. The predicted octanol–water partition coefficient (Wildman–Crippen LogP) is 1.78. The van der Waals surface area contributed by atoms with Gasteiger partial charge in [0, 0.05) is 11.8 Å². The minimum atomic E-state index is -0.498. The van der Waals surface area contributed by atoms with E-state index in [0.29, 0.717) is 33.5 Å². The van der Waals surface area contributed by atoms with Crippen molar-refractivity contribution in [2.75, 3.05) is 19.5 Å². The van der Waals surface area contributed by atoms with Gasteiger partial charge in [0.1, 0.15) is 0 Å². The number of nitrogens with zero attached hydrogens (tertiary/aromatic N) is 2. The normalized spacial score (nSPS) is 12.0. The van der Waals surface area contributed by atoms with Gasteiger partial charge in [0.2, 0.25) is 5.91 Å². The van der Waals surface area contributed by atoms with Crippen LogP contribution in [0.25, 0.3) is 11.2 Å². The van der Waals surface area contributed by atoms with Crippen molar-refractivity contribution in [2.24, 2.45) is 0 Å². The average molecular weight is 375 g/mol. The second-order valence-electron chi connectivity index (χ2n) is 5.29. The Bertz CT molecular complexity index is 1000. The minimum Gasteiger partial charge on any atom is -0.493 e. The monoisotopic (exact) mass is 375 g/mol. The molecule has 0 bridgehead atoms. The first-order chi connectivity index (χ1) is 12.5. The molecule has 0 spiro atoms. The number of imidazole rings is 1. The number of hydrogen-bond acceptors (Lipinski definition) is 7. The Hall–Kier alpha value is -3.01. The quantitative estimate of drug-likeness (QED) is 0.443. The maximum Gasteiger partial charge on any atom is 0.277 e. The molecule has 0 aliphatic carbocycles. The van der Waals surface area contributed by atoms with E-state index in [9.17, 15) is 9.59 Å². The van der Waals surface area contributed by atoms with Crippen molar-refractivity contribution in [3.8, 4) is 11.5 Å². The number of aromatic amines is 2. The van der Waals surface area contributed by atoms with E-state index in [1.807, 2.05) is 0 Å². The molecule has 0 aliphatic rings. The number of nitrogens with one attached hydrogen (secondary N) is 3. The van der Waals surface area contributed by atoms with Gasteiger partial charge in [0.25, 0.3) is 5.56 Å². The molecule has 3 rings (SSSR count). The topological polar surface area (TPSA) is 122 Å². The molecule has 2 heterocycles. The third-order valence-electron chi connectivity index (χ3n) is 3.58. The fourth-order valence-electron chi connectivity index (χ4n) is 2.26. The number of methoxy groups -OCH3 is 2. The smallest absolute Gasteiger partial charge is 0.277 e. The number of amides is 1. The Labute approximate surface area is 152 Å². The first-order valence-electron chi connectivity index (χ1n) is 7.64. The van der Waals surface area contributed by atoms with E-state index in [1.54, 1.807) is 32.2 Å². The van der Waals surface area contributed by atoms with Gasteiger partial charge in [-0.2, -0.15) is 0 Å². The number of H-pyrrole nitrogens is 2. The van der Waals surface area contributed by atoms with Crippen LogP contribution < -0.4 is 20.3 Å². The lowest BCUT2D eigenvalue weighted by Crippen LogP contribution is -2.23. The summed E-state index contributed by atoms with van der Waals surface area (Å²) in [6.07, 6.45) is 1.40. The number of anilines is 1. The molecule has 3 aromatic rings. The summed E-state index contributed by atoms with van der Waals surface area (Å²) in [4.78, 5) is 37.9. The summed E-state index contributed by atoms with van der Waals surface area (Å²) in [6.45, 7) is 1.72. The molecular weight excluding hydrogens is 358 g/mol. The van der Waals surface area contributed by atoms with E-state index < -0.39 is 5.25 Å². The van der Waals surface area contributed by atoms with Crippen LogP contribution in [0.5, 0.6) is 11.5 Å². The van der Waals surface area contributed by atoms with Gasteiger partial charge >= 0.3 is 0 Å². The van der Waals surface area contributed by atoms with Crippen LogP contribution in [0.2, 0.25) is 0 Å². The van der Waals surface area contributed by atoms with Crippen LogP contribution in [0.3, 0.4) is 0 Å². The Morgan fingerprint density at radius 1 is 1.27 bits per heavy atom. The highest BCUT2D eigenvalue weighted by Gasteiger charge is 2.18. The van der Waals surface area contributed by atoms with Crippen molar-refractivity contribution in [1.82, 2.24) is 19.9 Å². The molecule has 9 nitrogen and oxygen atoms in total. The van der Waals surface area contributed by atoms with E-state index >= 15 is 0 Å². The second kappa shape index (κ2) is 7.48. The number of carbonyl (C=O) groups is 1. The number of ether oxygens (including phenoxy) is 2. The van der Waals surface area contributed by atoms with Gasteiger partial charge in [-0.25, -0.2) is 9.97 Å². The van der Waals surface area contributed by atoms with Gasteiger partial charge in [-0.1, -0.05) is 11.8 Å². The molecule has 1 aromatic carbocycles. The molecule has 136 valence electrons. The van der Waals surface area contributed by atoms with Crippen molar-refractivity contribution < 1.29 is 14.3 Å². The number of thioether (sulfide) groups is 1. The molecule has 1 atom stereocenters. The molecule has 0 saturated heterocycles. The molecule has 0 aliphatic heterocycles. The third kappa shape index (κ3) is 3.64. The summed E-state index contributed by atoms with van der Waals surface area (Å²) in [6, 6.07) is 5.09. The van der Waals surface area contributed by atoms with Crippen molar-refractivity contribution in [1.29, 1.82) is 0 Å². The van der Waals surface area contributed by atoms with E-state index in [0.717, 1.165) is 11.8 Å². The molecule has 0 radical (unpaired) electrons. The average Bonchev–Trinajstić information content (AvgIpc) is 3.10. The Balaban J connectivity index is 1.72. The summed E-state index contributed by atoms with van der Waals surface area (Å²) in [5, 5.41) is 2.62. The van der Waals surface area contributed by atoms with E-state index in [1.165, 1.54) is 13.4 Å². The maximum absolute atomic E-state index is 12.4. The van der Waals surface area contributed by atoms with Crippen LogP contribution in [0.4, 0.5) is 5.69 Å². The third-order valence-corrected chi connectivity index (χ3v) is 4.57. The van der Waals surface area contributed by atoms with E-state index in [2.05, 4.69) is 25.3 Å². The van der Waals surface area contributed by atoms with Gasteiger partial charge in [0.05, 0.1) is 25.8 Å². The fourth-order valence-corrected chi connectivity index (χ4v) is 3.05. The van der Waals surface area contributed by atoms with Gasteiger partial charge in [0.15, 0.2) is 27.8 Å². The minimum absolute atomic E-state index is 0.244. The fraction of sp³-hybridized carbons (Fsp3) is 0.250. The van der Waals surface area contributed by atoms with Crippen LogP contribution >= 0.6 is 11.8 Å². The number of rotatable bonds is 6. The summed E-state index contributed by atoms with van der Waals surface area (Å²) >= 11 is 1.13. The number of fused-ring (bicyclic) bond motifs is 1. The van der Waals surface area contributed by atoms with Crippen molar-refractivity contribution in [3.05, 3.63) is 34.9 Å². The number of hydrogen-bond donors (Lipinski definition) is 3. The van der Waals surface area contributed by atoms with E-state index in [-0.39, 0.29) is 11.5 Å². The Morgan fingerprint density at radius 2 is 2.04 bits per heavy atom. The first-order valence-corrected chi connectivity index (χ1v) is 8.52. The lowest BCUT2D eigenvalue weighted by atomic mass is 10.2. The van der Waals surface area contributed by atoms with Crippen molar-refractivity contribution >= 4 is 34.5 Å². The first kappa shape index (κ1) is 17.8. The van der Waals surface area contributed by atoms with Crippen LogP contribution in [0, 0.1) is 0 Å². The number of carbonyl (C=O) groups excluding carboxylic acids is 1. The van der Waals surface area contributed by atoms with Crippen molar-refractivity contribution in [3.63, 3.8) is 0 Å². The van der Waals surface area contributed by atoms with Crippen molar-refractivity contribution in [2.45, 2.75) is 17.3 Å². The predicted molar refractivity (Wildman–Crippen MR) is 98.0 cm³/mol. The Morgan fingerprint density at radius 3 is 2.77 bits per heavy atom. The molecule has 0 saturated carbocycles. The van der Waals surface area contributed by atoms with Crippen LogP contribution in [-0.4, -0.2) is 45.3 Å². The zero-order chi connectivity index (χ0) is 18.7. The van der Waals surface area contributed by atoms with E-state index in [4.69, 9.17) is 9.47 Å². The van der Waals surface area contributed by atoms with Gasteiger partial charge in [-0.15, -0.1) is 0 Å². The van der Waals surface area contributed by atoms with Gasteiger partial charge in [-0.05, 0) is 19.1 Å². The second-order valence-corrected chi connectivity index (χ2v) is 6.62. The van der Waals surface area contributed by atoms with Crippen LogP contribution in [0.1, 0.15) is 6.92 Å². The maximum atomic E-state index is 12.4. The van der Waals surface area contributed by atoms with Crippen LogP contribution in [-0.2, 0) is 4.79 Å². The number of aromatic nitrogens is 4. The Kier molecular flexibility index (Phi) is 5.12. The standard InChI is InChI=1S/C16H17N5O4S/c1-8(26-16-20-13-12(15(23)21-16)17-7-18-13)14(22)19-9-4-5-10(24-2)11(6-9)25-3/h4-8H,1-3H3,(H,19,22)(H2,17,18,20,21,23)/t8-/m1/s1. The van der Waals surface area contributed by atoms with Crippen LogP contribution in [0.15, 0.2) is 34.5 Å². The molecule has 0 fully saturated rings. The highest BCUT2D eigenvalue weighted by Crippen LogP contribution is 2.30. The van der Waals surface area contributed by atoms with Gasteiger partial charge in [-0.3, -0.25) is 14.6 Å². The molecule has 3 N–H and O–H groups in total. The summed E-state index contributed by atoms with van der Waals surface area (Å²) in [5.41, 5.74) is 0.854. The SMILES string of the molecule is COc1ccc(NC(=O)[C@@H](C)Sc2nc3nc[nH]c3c(=O)[nH]2)cc1OC. The highest BCUT2D eigenvalue weighted by atomic mass is 32.2. The lowest BCUT2D eigenvalue weighted by Gasteiger charge is -2.13. The van der Waals surface area contributed by atoms with Gasteiger partial charge < -0.3 is 19.8 Å².